The van der Waals surface area contributed by atoms with Gasteiger partial charge in [-0.1, -0.05) is 6.42 Å². The molecule has 4 nitrogen and oxygen atoms in total. The molecule has 0 aromatic heterocycles. The molecule has 64 valence electrons. The Morgan fingerprint density at radius 3 is 2.36 bits per heavy atom. The van der Waals surface area contributed by atoms with Crippen LogP contribution in [0.15, 0.2) is 0 Å². The predicted molar refractivity (Wildman–Crippen MR) is 38.7 cm³/mol. The third kappa shape index (κ3) is 2.38. The standard InChI is InChI=1S/C7H13NO3/c8-6(9)11-7(10)4-2-1-3-5-7/h10H,1-5H2,(H2,8,9). The van der Waals surface area contributed by atoms with E-state index in [1.54, 1.807) is 0 Å². The number of nitrogens with two attached hydrogens (primary N) is 1. The van der Waals surface area contributed by atoms with Crippen molar-refractivity contribution in [1.29, 1.82) is 0 Å². The molecule has 1 aliphatic carbocycles. The van der Waals surface area contributed by atoms with E-state index >= 15 is 0 Å². The number of primary amides is 1. The van der Waals surface area contributed by atoms with Crippen LogP contribution in [-0.4, -0.2) is 17.0 Å². The van der Waals surface area contributed by atoms with E-state index in [-0.39, 0.29) is 0 Å². The van der Waals surface area contributed by atoms with Gasteiger partial charge in [0.25, 0.3) is 0 Å². The van der Waals surface area contributed by atoms with E-state index in [0.29, 0.717) is 12.8 Å². The van der Waals surface area contributed by atoms with Gasteiger partial charge in [-0.25, -0.2) is 4.79 Å². The number of amides is 1. The van der Waals surface area contributed by atoms with Crippen LogP contribution in [0.2, 0.25) is 0 Å². The van der Waals surface area contributed by atoms with Crippen molar-refractivity contribution in [1.82, 2.24) is 0 Å². The summed E-state index contributed by atoms with van der Waals surface area (Å²) in [4.78, 5) is 10.3. The van der Waals surface area contributed by atoms with E-state index in [4.69, 9.17) is 5.73 Å². The van der Waals surface area contributed by atoms with E-state index in [9.17, 15) is 9.90 Å². The number of ether oxygens (including phenoxy) is 1. The van der Waals surface area contributed by atoms with Crippen LogP contribution in [0.3, 0.4) is 0 Å². The second-order valence-corrected chi connectivity index (χ2v) is 2.93. The molecule has 1 rings (SSSR count). The zero-order chi connectivity index (χ0) is 8.32. The van der Waals surface area contributed by atoms with Gasteiger partial charge >= 0.3 is 6.09 Å². The third-order valence-corrected chi connectivity index (χ3v) is 1.93. The first-order valence-corrected chi connectivity index (χ1v) is 3.83. The number of aliphatic hydroxyl groups is 1. The Hall–Kier alpha value is -0.770. The van der Waals surface area contributed by atoms with Gasteiger partial charge in [-0.05, 0) is 12.8 Å². The number of carbonyl (C=O) groups excluding carboxylic acids is 1. The Labute approximate surface area is 65.3 Å². The van der Waals surface area contributed by atoms with Crippen molar-refractivity contribution in [2.45, 2.75) is 37.9 Å². The Morgan fingerprint density at radius 1 is 1.36 bits per heavy atom. The molecule has 0 unspecified atom stereocenters. The maximum atomic E-state index is 10.3. The fourth-order valence-electron chi connectivity index (χ4n) is 1.39. The Kier molecular flexibility index (Phi) is 2.34. The lowest BCUT2D eigenvalue weighted by Crippen LogP contribution is -2.38. The van der Waals surface area contributed by atoms with Crippen LogP contribution in [0.5, 0.6) is 0 Å². The largest absolute Gasteiger partial charge is 0.417 e. The average molecular weight is 159 g/mol. The van der Waals surface area contributed by atoms with Gasteiger partial charge in [-0.3, -0.25) is 0 Å². The molecule has 0 atom stereocenters. The highest BCUT2D eigenvalue weighted by molar-refractivity contribution is 5.65. The van der Waals surface area contributed by atoms with E-state index in [0.717, 1.165) is 19.3 Å². The summed E-state index contributed by atoms with van der Waals surface area (Å²) in [5, 5.41) is 9.52. The Morgan fingerprint density at radius 2 is 1.91 bits per heavy atom. The molecule has 0 aromatic carbocycles. The molecule has 1 saturated carbocycles. The SMILES string of the molecule is NC(=O)OC1(O)CCCCC1. The molecule has 3 N–H and O–H groups in total. The number of hydrogen-bond acceptors (Lipinski definition) is 3. The number of hydrogen-bond donors (Lipinski definition) is 2. The smallest absolute Gasteiger partial charge is 0.407 e. The third-order valence-electron chi connectivity index (χ3n) is 1.93. The van der Waals surface area contributed by atoms with E-state index < -0.39 is 11.9 Å². The van der Waals surface area contributed by atoms with Crippen molar-refractivity contribution in [2.24, 2.45) is 5.73 Å². The Balaban J connectivity index is 2.43. The van der Waals surface area contributed by atoms with Crippen LogP contribution in [0.25, 0.3) is 0 Å². The van der Waals surface area contributed by atoms with Crippen molar-refractivity contribution < 1.29 is 14.6 Å². The summed E-state index contributed by atoms with van der Waals surface area (Å²) in [5.41, 5.74) is 4.79. The maximum absolute atomic E-state index is 10.3. The second kappa shape index (κ2) is 3.09. The first kappa shape index (κ1) is 8.33. The lowest BCUT2D eigenvalue weighted by atomic mass is 9.94. The number of carbonyl (C=O) groups is 1. The molecule has 0 aromatic rings. The highest BCUT2D eigenvalue weighted by Crippen LogP contribution is 2.28. The van der Waals surface area contributed by atoms with Gasteiger partial charge in [0.2, 0.25) is 5.79 Å². The fraction of sp³-hybridized carbons (Fsp3) is 0.857. The van der Waals surface area contributed by atoms with Gasteiger partial charge < -0.3 is 15.6 Å². The molecular weight excluding hydrogens is 146 g/mol. The Bertz CT molecular complexity index is 152. The molecule has 1 aliphatic rings. The van der Waals surface area contributed by atoms with Crippen LogP contribution < -0.4 is 5.73 Å². The van der Waals surface area contributed by atoms with Crippen LogP contribution >= 0.6 is 0 Å². The summed E-state index contributed by atoms with van der Waals surface area (Å²) in [6.45, 7) is 0. The van der Waals surface area contributed by atoms with Crippen molar-refractivity contribution in [3.63, 3.8) is 0 Å². The fourth-order valence-corrected chi connectivity index (χ4v) is 1.39. The molecule has 4 heteroatoms. The van der Waals surface area contributed by atoms with E-state index in [2.05, 4.69) is 4.74 Å². The highest BCUT2D eigenvalue weighted by atomic mass is 16.7. The van der Waals surface area contributed by atoms with Gasteiger partial charge in [-0.15, -0.1) is 0 Å². The minimum absolute atomic E-state index is 0.510. The lowest BCUT2D eigenvalue weighted by molar-refractivity contribution is -0.178. The van der Waals surface area contributed by atoms with Gasteiger partial charge in [0.15, 0.2) is 0 Å². The van der Waals surface area contributed by atoms with Gasteiger partial charge in [0.05, 0.1) is 0 Å². The van der Waals surface area contributed by atoms with Crippen LogP contribution in [0.4, 0.5) is 4.79 Å². The molecule has 0 aliphatic heterocycles. The molecule has 0 spiro atoms. The van der Waals surface area contributed by atoms with Crippen LogP contribution in [-0.2, 0) is 4.74 Å². The minimum atomic E-state index is -1.27. The summed E-state index contributed by atoms with van der Waals surface area (Å²) in [7, 11) is 0. The summed E-state index contributed by atoms with van der Waals surface area (Å²) in [6.07, 6.45) is 3.00. The van der Waals surface area contributed by atoms with Gasteiger partial charge in [-0.2, -0.15) is 0 Å². The van der Waals surface area contributed by atoms with Crippen molar-refractivity contribution in [3.05, 3.63) is 0 Å². The first-order chi connectivity index (χ1) is 5.12. The van der Waals surface area contributed by atoms with Gasteiger partial charge in [0.1, 0.15) is 0 Å². The van der Waals surface area contributed by atoms with Crippen LogP contribution in [0, 0.1) is 0 Å². The topological polar surface area (TPSA) is 72.6 Å². The maximum Gasteiger partial charge on any atom is 0.407 e. The second-order valence-electron chi connectivity index (χ2n) is 2.93. The molecular formula is C7H13NO3. The average Bonchev–Trinajstić information content (AvgIpc) is 1.85. The lowest BCUT2D eigenvalue weighted by Gasteiger charge is -2.30. The number of rotatable bonds is 1. The molecule has 11 heavy (non-hydrogen) atoms. The molecule has 1 fully saturated rings. The van der Waals surface area contributed by atoms with E-state index in [1.807, 2.05) is 0 Å². The van der Waals surface area contributed by atoms with Gasteiger partial charge in [0, 0.05) is 12.8 Å². The van der Waals surface area contributed by atoms with Crippen molar-refractivity contribution >= 4 is 6.09 Å². The van der Waals surface area contributed by atoms with Crippen molar-refractivity contribution in [2.75, 3.05) is 0 Å². The monoisotopic (exact) mass is 159 g/mol. The van der Waals surface area contributed by atoms with Crippen molar-refractivity contribution in [3.8, 4) is 0 Å². The minimum Gasteiger partial charge on any atom is -0.417 e. The summed E-state index contributed by atoms with van der Waals surface area (Å²) in [6, 6.07) is 0. The molecule has 0 bridgehead atoms. The normalized spacial score (nSPS) is 22.6. The van der Waals surface area contributed by atoms with E-state index in [1.165, 1.54) is 0 Å². The first-order valence-electron chi connectivity index (χ1n) is 3.83. The zero-order valence-corrected chi connectivity index (χ0v) is 6.38. The highest BCUT2D eigenvalue weighted by Gasteiger charge is 2.32. The van der Waals surface area contributed by atoms with Crippen LogP contribution in [0.1, 0.15) is 32.1 Å². The molecule has 0 heterocycles. The summed E-state index contributed by atoms with van der Waals surface area (Å²) >= 11 is 0. The predicted octanol–water partition coefficient (Wildman–Crippen LogP) is 0.734. The molecule has 0 radical (unpaired) electrons. The summed E-state index contributed by atoms with van der Waals surface area (Å²) in [5.74, 6) is -1.27. The quantitative estimate of drug-likeness (QED) is 0.554. The molecule has 0 saturated heterocycles. The summed E-state index contributed by atoms with van der Waals surface area (Å²) < 4.78 is 4.57. The molecule has 1 amide bonds. The zero-order valence-electron chi connectivity index (χ0n) is 6.38.